The van der Waals surface area contributed by atoms with Crippen molar-refractivity contribution in [1.82, 2.24) is 4.90 Å². The zero-order valence-corrected chi connectivity index (χ0v) is 11.4. The van der Waals surface area contributed by atoms with E-state index in [1.54, 1.807) is 6.07 Å². The lowest BCUT2D eigenvalue weighted by atomic mass is 9.96. The molecule has 0 fully saturated rings. The molecule has 2 aromatic rings. The monoisotopic (exact) mass is 252 g/mol. The predicted molar refractivity (Wildman–Crippen MR) is 77.4 cm³/mol. The highest BCUT2D eigenvalue weighted by Crippen LogP contribution is 2.14. The average Bonchev–Trinajstić information content (AvgIpc) is 2.45. The zero-order chi connectivity index (χ0) is 13.7. The van der Waals surface area contributed by atoms with E-state index < -0.39 is 0 Å². The Kier molecular flexibility index (Phi) is 4.48. The summed E-state index contributed by atoms with van der Waals surface area (Å²) in [5.41, 5.74) is 2.47. The van der Waals surface area contributed by atoms with Crippen LogP contribution < -0.4 is 0 Å². The average molecular weight is 252 g/mol. The Balaban J connectivity index is 2.27. The van der Waals surface area contributed by atoms with Gasteiger partial charge in [0.05, 0.1) is 0 Å². The SMILES string of the molecule is CN(C)CCc1ccc[c]c1C(=O)c1ccccc1. The fourth-order valence-corrected chi connectivity index (χ4v) is 1.97. The van der Waals surface area contributed by atoms with E-state index in [4.69, 9.17) is 0 Å². The lowest BCUT2D eigenvalue weighted by Crippen LogP contribution is -2.16. The molecular weight excluding hydrogens is 234 g/mol. The molecule has 19 heavy (non-hydrogen) atoms. The maximum atomic E-state index is 12.5. The molecule has 0 aliphatic rings. The minimum absolute atomic E-state index is 0.0509. The van der Waals surface area contributed by atoms with Gasteiger partial charge in [-0.25, -0.2) is 0 Å². The Morgan fingerprint density at radius 2 is 1.84 bits per heavy atom. The van der Waals surface area contributed by atoms with Gasteiger partial charge in [-0.05, 0) is 32.1 Å². The summed E-state index contributed by atoms with van der Waals surface area (Å²) in [6.07, 6.45) is 0.859. The fourth-order valence-electron chi connectivity index (χ4n) is 1.97. The Morgan fingerprint density at radius 3 is 2.53 bits per heavy atom. The summed E-state index contributed by atoms with van der Waals surface area (Å²) in [6.45, 7) is 0.924. The van der Waals surface area contributed by atoms with Crippen LogP contribution in [0.15, 0.2) is 48.5 Å². The van der Waals surface area contributed by atoms with Gasteiger partial charge in [-0.1, -0.05) is 48.5 Å². The third-order valence-electron chi connectivity index (χ3n) is 3.03. The molecule has 2 nitrogen and oxygen atoms in total. The van der Waals surface area contributed by atoms with Crippen molar-refractivity contribution in [3.05, 3.63) is 71.3 Å². The minimum Gasteiger partial charge on any atom is -0.309 e. The summed E-state index contributed by atoms with van der Waals surface area (Å²) in [4.78, 5) is 14.6. The van der Waals surface area contributed by atoms with Gasteiger partial charge in [0.15, 0.2) is 5.78 Å². The van der Waals surface area contributed by atoms with E-state index in [-0.39, 0.29) is 5.78 Å². The van der Waals surface area contributed by atoms with Crippen LogP contribution in [-0.2, 0) is 6.42 Å². The molecule has 1 radical (unpaired) electrons. The van der Waals surface area contributed by atoms with Crippen LogP contribution in [0.3, 0.4) is 0 Å². The van der Waals surface area contributed by atoms with Gasteiger partial charge in [0.1, 0.15) is 0 Å². The molecule has 0 heterocycles. The zero-order valence-electron chi connectivity index (χ0n) is 11.4. The summed E-state index contributed by atoms with van der Waals surface area (Å²) in [5.74, 6) is 0.0509. The number of carbonyl (C=O) groups excluding carboxylic acids is 1. The van der Waals surface area contributed by atoms with Crippen molar-refractivity contribution in [3.8, 4) is 0 Å². The number of hydrogen-bond donors (Lipinski definition) is 0. The molecule has 97 valence electrons. The predicted octanol–water partition coefficient (Wildman–Crippen LogP) is 2.82. The second-order valence-corrected chi connectivity index (χ2v) is 4.82. The lowest BCUT2D eigenvalue weighted by Gasteiger charge is -2.12. The molecule has 0 saturated carbocycles. The molecule has 0 amide bonds. The van der Waals surface area contributed by atoms with Crippen LogP contribution in [0.2, 0.25) is 0 Å². The van der Waals surface area contributed by atoms with Gasteiger partial charge in [-0.2, -0.15) is 0 Å². The maximum absolute atomic E-state index is 12.5. The topological polar surface area (TPSA) is 20.3 Å². The normalized spacial score (nSPS) is 10.7. The molecule has 0 spiro atoms. The lowest BCUT2D eigenvalue weighted by molar-refractivity contribution is 0.103. The van der Waals surface area contributed by atoms with Gasteiger partial charge in [0, 0.05) is 17.7 Å². The smallest absolute Gasteiger partial charge is 0.193 e. The van der Waals surface area contributed by atoms with Crippen LogP contribution in [0.4, 0.5) is 0 Å². The standard InChI is InChI=1S/C17H18NO/c1-18(2)13-12-14-8-6-7-11-16(14)17(19)15-9-4-3-5-10-15/h3-10H,12-13H2,1-2H3. The van der Waals surface area contributed by atoms with Crippen LogP contribution in [-0.4, -0.2) is 31.3 Å². The van der Waals surface area contributed by atoms with Gasteiger partial charge in [-0.15, -0.1) is 0 Å². The number of rotatable bonds is 5. The number of nitrogens with zero attached hydrogens (tertiary/aromatic N) is 1. The van der Waals surface area contributed by atoms with Crippen LogP contribution in [0, 0.1) is 6.07 Å². The van der Waals surface area contributed by atoms with Gasteiger partial charge in [0.25, 0.3) is 0 Å². The van der Waals surface area contributed by atoms with Gasteiger partial charge >= 0.3 is 0 Å². The van der Waals surface area contributed by atoms with Gasteiger partial charge in [-0.3, -0.25) is 4.79 Å². The van der Waals surface area contributed by atoms with Crippen molar-refractivity contribution in [2.45, 2.75) is 6.42 Å². The van der Waals surface area contributed by atoms with Crippen LogP contribution in [0.25, 0.3) is 0 Å². The molecule has 2 rings (SSSR count). The summed E-state index contributed by atoms with van der Waals surface area (Å²) in [5, 5.41) is 0. The van der Waals surface area contributed by atoms with Crippen molar-refractivity contribution in [3.63, 3.8) is 0 Å². The number of carbonyl (C=O) groups is 1. The highest BCUT2D eigenvalue weighted by Gasteiger charge is 2.12. The summed E-state index contributed by atoms with van der Waals surface area (Å²) in [7, 11) is 4.07. The van der Waals surface area contributed by atoms with Crippen LogP contribution in [0.1, 0.15) is 21.5 Å². The molecular formula is C17H18NO. The van der Waals surface area contributed by atoms with Crippen molar-refractivity contribution in [2.75, 3.05) is 20.6 Å². The molecule has 0 aromatic heterocycles. The van der Waals surface area contributed by atoms with E-state index in [0.29, 0.717) is 5.56 Å². The number of likely N-dealkylation sites (N-methyl/N-ethyl adjacent to an activating group) is 1. The van der Waals surface area contributed by atoms with Crippen molar-refractivity contribution in [1.29, 1.82) is 0 Å². The van der Waals surface area contributed by atoms with Gasteiger partial charge < -0.3 is 4.90 Å². The fraction of sp³-hybridized carbons (Fsp3) is 0.235. The van der Waals surface area contributed by atoms with Gasteiger partial charge in [0.2, 0.25) is 0 Å². The van der Waals surface area contributed by atoms with Crippen LogP contribution in [0.5, 0.6) is 0 Å². The molecule has 2 heteroatoms. The molecule has 0 saturated heterocycles. The molecule has 0 aliphatic carbocycles. The first-order valence-corrected chi connectivity index (χ1v) is 6.42. The first kappa shape index (κ1) is 13.5. The second kappa shape index (κ2) is 6.30. The maximum Gasteiger partial charge on any atom is 0.193 e. The summed E-state index contributed by atoms with van der Waals surface area (Å²) < 4.78 is 0. The number of ketones is 1. The number of hydrogen-bond acceptors (Lipinski definition) is 2. The van der Waals surface area contributed by atoms with Crippen molar-refractivity contribution >= 4 is 5.78 Å². The van der Waals surface area contributed by atoms with E-state index in [1.165, 1.54) is 0 Å². The largest absolute Gasteiger partial charge is 0.309 e. The molecule has 0 atom stereocenters. The Morgan fingerprint density at radius 1 is 1.11 bits per heavy atom. The van der Waals surface area contributed by atoms with E-state index in [2.05, 4.69) is 11.0 Å². The Labute approximate surface area is 114 Å². The highest BCUT2D eigenvalue weighted by atomic mass is 16.1. The molecule has 0 unspecified atom stereocenters. The first-order chi connectivity index (χ1) is 9.18. The molecule has 0 N–H and O–H groups in total. The summed E-state index contributed by atoms with van der Waals surface area (Å²) in [6, 6.07) is 18.2. The quantitative estimate of drug-likeness (QED) is 0.763. The minimum atomic E-state index is 0.0509. The second-order valence-electron chi connectivity index (χ2n) is 4.82. The summed E-state index contributed by atoms with van der Waals surface area (Å²) >= 11 is 0. The van der Waals surface area contributed by atoms with Crippen molar-refractivity contribution in [2.24, 2.45) is 0 Å². The Hall–Kier alpha value is -1.93. The van der Waals surface area contributed by atoms with E-state index >= 15 is 0 Å². The third-order valence-corrected chi connectivity index (χ3v) is 3.03. The van der Waals surface area contributed by atoms with Crippen LogP contribution >= 0.6 is 0 Å². The highest BCUT2D eigenvalue weighted by molar-refractivity contribution is 6.09. The third kappa shape index (κ3) is 3.52. The van der Waals surface area contributed by atoms with E-state index in [1.807, 2.05) is 56.6 Å². The van der Waals surface area contributed by atoms with E-state index in [9.17, 15) is 4.79 Å². The first-order valence-electron chi connectivity index (χ1n) is 6.42. The molecule has 2 aromatic carbocycles. The number of benzene rings is 2. The Bertz CT molecular complexity index is 546. The van der Waals surface area contributed by atoms with Crippen molar-refractivity contribution < 1.29 is 4.79 Å². The van der Waals surface area contributed by atoms with E-state index in [0.717, 1.165) is 24.1 Å². The molecule has 0 aliphatic heterocycles. The molecule has 0 bridgehead atoms.